The fourth-order valence-corrected chi connectivity index (χ4v) is 0.789. The highest BCUT2D eigenvalue weighted by Gasteiger charge is 2.15. The number of ether oxygens (including phenoxy) is 1. The molecule has 0 saturated carbocycles. The van der Waals surface area contributed by atoms with Crippen molar-refractivity contribution in [3.05, 3.63) is 17.9 Å². The second kappa shape index (κ2) is 10.5. The van der Waals surface area contributed by atoms with E-state index in [9.17, 15) is 9.59 Å². The van der Waals surface area contributed by atoms with Crippen molar-refractivity contribution in [2.75, 3.05) is 12.4 Å². The number of amides is 2. The maximum atomic E-state index is 11.0. The number of nitrogens with one attached hydrogen (secondary N) is 1. The summed E-state index contributed by atoms with van der Waals surface area (Å²) in [6.45, 7) is 8.00. The first kappa shape index (κ1) is 17.4. The zero-order chi connectivity index (χ0) is 13.8. The van der Waals surface area contributed by atoms with Gasteiger partial charge < -0.3 is 14.9 Å². The molecule has 1 heterocycles. The number of methoxy groups -OCH3 is 1. The van der Waals surface area contributed by atoms with Crippen molar-refractivity contribution in [3.8, 4) is 0 Å². The van der Waals surface area contributed by atoms with Crippen LogP contribution in [0.5, 0.6) is 0 Å². The number of furan rings is 1. The average molecular weight is 244 g/mol. The number of hydrogen-bond acceptors (Lipinski definition) is 4. The summed E-state index contributed by atoms with van der Waals surface area (Å²) in [5, 5.41) is 2.14. The monoisotopic (exact) mass is 244 g/mol. The van der Waals surface area contributed by atoms with E-state index in [1.807, 2.05) is 27.7 Å². The molecule has 3 N–H and O–H groups in total. The van der Waals surface area contributed by atoms with Crippen molar-refractivity contribution in [1.82, 2.24) is 0 Å². The quantitative estimate of drug-likeness (QED) is 0.782. The summed E-state index contributed by atoms with van der Waals surface area (Å²) >= 11 is 0. The van der Waals surface area contributed by atoms with Crippen LogP contribution in [-0.2, 0) is 4.74 Å². The Balaban J connectivity index is 0. The maximum absolute atomic E-state index is 11.0. The number of anilines is 1. The molecule has 1 rings (SSSR count). The van der Waals surface area contributed by atoms with Gasteiger partial charge >= 0.3 is 12.0 Å². The summed E-state index contributed by atoms with van der Waals surface area (Å²) < 4.78 is 9.21. The van der Waals surface area contributed by atoms with Crippen LogP contribution < -0.4 is 11.1 Å². The third-order valence-corrected chi connectivity index (χ3v) is 1.31. The van der Waals surface area contributed by atoms with Crippen LogP contribution >= 0.6 is 0 Å². The van der Waals surface area contributed by atoms with Crippen molar-refractivity contribution >= 4 is 17.9 Å². The minimum Gasteiger partial charge on any atom is -0.465 e. The first-order chi connectivity index (χ1) is 8.15. The molecule has 17 heavy (non-hydrogen) atoms. The van der Waals surface area contributed by atoms with Crippen molar-refractivity contribution in [1.29, 1.82) is 0 Å². The lowest BCUT2D eigenvalue weighted by atomic mass is 10.3. The van der Waals surface area contributed by atoms with Crippen LogP contribution in [0.4, 0.5) is 10.7 Å². The maximum Gasteiger partial charge on any atom is 0.343 e. The molecule has 0 atom stereocenters. The summed E-state index contributed by atoms with van der Waals surface area (Å²) in [6.07, 6.45) is 1.25. The van der Waals surface area contributed by atoms with Crippen molar-refractivity contribution < 1.29 is 18.7 Å². The van der Waals surface area contributed by atoms with E-state index in [4.69, 9.17) is 10.2 Å². The first-order valence-corrected chi connectivity index (χ1v) is 5.37. The van der Waals surface area contributed by atoms with Crippen molar-refractivity contribution in [2.24, 2.45) is 5.73 Å². The van der Waals surface area contributed by atoms with Gasteiger partial charge in [-0.3, -0.25) is 5.32 Å². The topological polar surface area (TPSA) is 94.6 Å². The average Bonchev–Trinajstić information content (AvgIpc) is 2.80. The third kappa shape index (κ3) is 6.24. The van der Waals surface area contributed by atoms with Crippen LogP contribution in [0.1, 0.15) is 38.1 Å². The summed E-state index contributed by atoms with van der Waals surface area (Å²) in [5.74, 6) is -0.614. The number of rotatable bonds is 2. The van der Waals surface area contributed by atoms with Crippen LogP contribution in [0.25, 0.3) is 0 Å². The van der Waals surface area contributed by atoms with Gasteiger partial charge in [-0.1, -0.05) is 27.7 Å². The van der Waals surface area contributed by atoms with Gasteiger partial charge in [0.1, 0.15) is 5.56 Å². The number of primary amides is 1. The predicted molar refractivity (Wildman–Crippen MR) is 65.9 cm³/mol. The minimum absolute atomic E-state index is 0.0145. The Bertz CT molecular complexity index is 334. The van der Waals surface area contributed by atoms with E-state index in [0.717, 1.165) is 0 Å². The fourth-order valence-electron chi connectivity index (χ4n) is 0.789. The molecule has 98 valence electrons. The van der Waals surface area contributed by atoms with Crippen molar-refractivity contribution in [2.45, 2.75) is 27.7 Å². The fraction of sp³-hybridized carbons (Fsp3) is 0.455. The molecule has 6 nitrogen and oxygen atoms in total. The van der Waals surface area contributed by atoms with Crippen LogP contribution in [0.2, 0.25) is 0 Å². The van der Waals surface area contributed by atoms with Crippen LogP contribution in [0, 0.1) is 0 Å². The minimum atomic E-state index is -0.805. The van der Waals surface area contributed by atoms with Crippen LogP contribution in [0.15, 0.2) is 16.7 Å². The van der Waals surface area contributed by atoms with Crippen LogP contribution in [0.3, 0.4) is 0 Å². The molecule has 0 aliphatic heterocycles. The number of urea groups is 1. The molecule has 0 radical (unpaired) electrons. The lowest BCUT2D eigenvalue weighted by molar-refractivity contribution is 0.0601. The van der Waals surface area contributed by atoms with E-state index in [0.29, 0.717) is 0 Å². The largest absolute Gasteiger partial charge is 0.465 e. The summed E-state index contributed by atoms with van der Waals surface area (Å²) in [5.41, 5.74) is 4.96. The Morgan fingerprint density at radius 3 is 2.24 bits per heavy atom. The Morgan fingerprint density at radius 2 is 1.82 bits per heavy atom. The van der Waals surface area contributed by atoms with E-state index >= 15 is 0 Å². The molecule has 1 aromatic rings. The van der Waals surface area contributed by atoms with Gasteiger partial charge in [0.25, 0.3) is 0 Å². The SMILES string of the molecule is CC.CC.COC(=O)c1ccoc1NC(N)=O. The first-order valence-electron chi connectivity index (χ1n) is 5.37. The van der Waals surface area contributed by atoms with Gasteiger partial charge in [0.15, 0.2) is 0 Å². The van der Waals surface area contributed by atoms with Gasteiger partial charge in [-0.2, -0.15) is 0 Å². The second-order valence-corrected chi connectivity index (χ2v) is 2.14. The number of esters is 1. The Labute approximate surface area is 101 Å². The lowest BCUT2D eigenvalue weighted by Crippen LogP contribution is -2.20. The Morgan fingerprint density at radius 1 is 1.29 bits per heavy atom. The number of carbonyl (C=O) groups is 2. The molecule has 0 aromatic carbocycles. The molecule has 0 spiro atoms. The molecule has 0 fully saturated rings. The highest BCUT2D eigenvalue weighted by atomic mass is 16.5. The predicted octanol–water partition coefficient (Wildman–Crippen LogP) is 2.61. The van der Waals surface area contributed by atoms with E-state index in [2.05, 4.69) is 10.1 Å². The molecule has 0 aliphatic rings. The highest BCUT2D eigenvalue weighted by Crippen LogP contribution is 2.16. The van der Waals surface area contributed by atoms with Gasteiger partial charge in [-0.15, -0.1) is 0 Å². The standard InChI is InChI=1S/C7H8N2O4.2C2H6/c1-12-6(10)4-2-3-13-5(4)9-7(8)11;2*1-2/h2-3H,1H3,(H3,8,9,11);2*1-2H3. The smallest absolute Gasteiger partial charge is 0.343 e. The van der Waals surface area contributed by atoms with Crippen LogP contribution in [-0.4, -0.2) is 19.1 Å². The second-order valence-electron chi connectivity index (χ2n) is 2.14. The third-order valence-electron chi connectivity index (χ3n) is 1.31. The number of carbonyl (C=O) groups excluding carboxylic acids is 2. The van der Waals surface area contributed by atoms with E-state index in [1.165, 1.54) is 19.4 Å². The molecule has 0 bridgehead atoms. The molecular weight excluding hydrogens is 224 g/mol. The van der Waals surface area contributed by atoms with Gasteiger partial charge in [0, 0.05) is 0 Å². The van der Waals surface area contributed by atoms with Gasteiger partial charge in [0.05, 0.1) is 13.4 Å². The normalized spacial score (nSPS) is 7.82. The molecule has 1 aromatic heterocycles. The molecule has 0 saturated heterocycles. The molecule has 2 amide bonds. The summed E-state index contributed by atoms with van der Waals surface area (Å²) in [7, 11) is 1.23. The van der Waals surface area contributed by atoms with E-state index in [-0.39, 0.29) is 11.4 Å². The summed E-state index contributed by atoms with van der Waals surface area (Å²) in [4.78, 5) is 21.4. The van der Waals surface area contributed by atoms with Crippen molar-refractivity contribution in [3.63, 3.8) is 0 Å². The zero-order valence-electron chi connectivity index (χ0n) is 10.9. The Kier molecular flexibility index (Phi) is 10.8. The highest BCUT2D eigenvalue weighted by molar-refractivity contribution is 5.98. The summed E-state index contributed by atoms with van der Waals surface area (Å²) in [6, 6.07) is 0.567. The Hall–Kier alpha value is -1.98. The molecular formula is C11H20N2O4. The lowest BCUT2D eigenvalue weighted by Gasteiger charge is -1.99. The zero-order valence-corrected chi connectivity index (χ0v) is 10.9. The van der Waals surface area contributed by atoms with E-state index in [1.54, 1.807) is 0 Å². The van der Waals surface area contributed by atoms with Gasteiger partial charge in [-0.05, 0) is 6.07 Å². The van der Waals surface area contributed by atoms with Gasteiger partial charge in [0.2, 0.25) is 5.88 Å². The number of nitrogens with two attached hydrogens (primary N) is 1. The molecule has 6 heteroatoms. The molecule has 0 unspecified atom stereocenters. The molecule has 0 aliphatic carbocycles. The number of hydrogen-bond donors (Lipinski definition) is 2. The van der Waals surface area contributed by atoms with Gasteiger partial charge in [-0.25, -0.2) is 9.59 Å². The van der Waals surface area contributed by atoms with E-state index < -0.39 is 12.0 Å².